The van der Waals surface area contributed by atoms with E-state index >= 15 is 0 Å². The van der Waals surface area contributed by atoms with E-state index in [9.17, 15) is 0 Å². The maximum atomic E-state index is 9.07. The van der Waals surface area contributed by atoms with E-state index in [2.05, 4.69) is 49.5 Å². The van der Waals surface area contributed by atoms with Crippen LogP contribution in [0.15, 0.2) is 24.5 Å². The highest BCUT2D eigenvalue weighted by molar-refractivity contribution is 5.09. The van der Waals surface area contributed by atoms with Crippen molar-refractivity contribution in [1.82, 2.24) is 15.1 Å². The number of aromatic nitrogens is 2. The van der Waals surface area contributed by atoms with E-state index in [-0.39, 0.29) is 12.1 Å². The SMILES string of the molecule is CC(C)(C)n1cc(CN[C@@H]2C=C[C@H](CO)C2)cn1. The Labute approximate surface area is 109 Å². The summed E-state index contributed by atoms with van der Waals surface area (Å²) in [6.07, 6.45) is 9.24. The van der Waals surface area contributed by atoms with Crippen molar-refractivity contribution in [2.24, 2.45) is 5.92 Å². The van der Waals surface area contributed by atoms with Crippen molar-refractivity contribution in [3.05, 3.63) is 30.1 Å². The number of nitrogens with one attached hydrogen (secondary N) is 1. The molecular weight excluding hydrogens is 226 g/mol. The summed E-state index contributed by atoms with van der Waals surface area (Å²) in [5.41, 5.74) is 1.24. The fourth-order valence-corrected chi connectivity index (χ4v) is 2.13. The summed E-state index contributed by atoms with van der Waals surface area (Å²) in [4.78, 5) is 0. The van der Waals surface area contributed by atoms with Crippen molar-refractivity contribution in [2.75, 3.05) is 6.61 Å². The van der Waals surface area contributed by atoms with E-state index in [0.29, 0.717) is 12.0 Å². The van der Waals surface area contributed by atoms with Gasteiger partial charge in [-0.1, -0.05) is 12.2 Å². The van der Waals surface area contributed by atoms with Crippen LogP contribution in [0, 0.1) is 5.92 Å². The smallest absolute Gasteiger partial charge is 0.0543 e. The predicted molar refractivity (Wildman–Crippen MR) is 72.2 cm³/mol. The number of aliphatic hydroxyl groups excluding tert-OH is 1. The third-order valence-corrected chi connectivity index (χ3v) is 3.30. The highest BCUT2D eigenvalue weighted by Crippen LogP contribution is 2.18. The minimum atomic E-state index is 0.0352. The van der Waals surface area contributed by atoms with Gasteiger partial charge in [-0.25, -0.2) is 0 Å². The monoisotopic (exact) mass is 249 g/mol. The molecule has 18 heavy (non-hydrogen) atoms. The molecule has 1 aromatic heterocycles. The fraction of sp³-hybridized carbons (Fsp3) is 0.643. The Balaban J connectivity index is 1.84. The van der Waals surface area contributed by atoms with E-state index in [4.69, 9.17) is 5.11 Å². The summed E-state index contributed by atoms with van der Waals surface area (Å²) < 4.78 is 1.99. The quantitative estimate of drug-likeness (QED) is 0.798. The first-order chi connectivity index (χ1) is 8.49. The first kappa shape index (κ1) is 13.3. The molecule has 0 amide bonds. The van der Waals surface area contributed by atoms with Crippen LogP contribution in [0.5, 0.6) is 0 Å². The van der Waals surface area contributed by atoms with Crippen LogP contribution in [0.2, 0.25) is 0 Å². The number of hydrogen-bond donors (Lipinski definition) is 2. The number of aliphatic hydroxyl groups is 1. The lowest BCUT2D eigenvalue weighted by Gasteiger charge is -2.18. The van der Waals surface area contributed by atoms with E-state index < -0.39 is 0 Å². The zero-order valence-electron chi connectivity index (χ0n) is 11.4. The molecule has 4 heteroatoms. The molecule has 0 spiro atoms. The summed E-state index contributed by atoms with van der Waals surface area (Å²) in [6, 6.07) is 0.375. The van der Waals surface area contributed by atoms with E-state index in [0.717, 1.165) is 13.0 Å². The zero-order valence-corrected chi connectivity index (χ0v) is 11.4. The minimum Gasteiger partial charge on any atom is -0.396 e. The molecule has 0 saturated heterocycles. The maximum Gasteiger partial charge on any atom is 0.0543 e. The third-order valence-electron chi connectivity index (χ3n) is 3.30. The van der Waals surface area contributed by atoms with E-state index in [1.807, 2.05) is 10.9 Å². The van der Waals surface area contributed by atoms with Crippen molar-refractivity contribution in [3.63, 3.8) is 0 Å². The fourth-order valence-electron chi connectivity index (χ4n) is 2.13. The van der Waals surface area contributed by atoms with Crippen LogP contribution in [0.3, 0.4) is 0 Å². The van der Waals surface area contributed by atoms with E-state index in [1.165, 1.54) is 5.56 Å². The normalized spacial score (nSPS) is 23.8. The minimum absolute atomic E-state index is 0.0352. The number of rotatable bonds is 4. The van der Waals surface area contributed by atoms with Crippen molar-refractivity contribution >= 4 is 0 Å². The summed E-state index contributed by atoms with van der Waals surface area (Å²) in [6.45, 7) is 7.49. The van der Waals surface area contributed by atoms with Gasteiger partial charge in [0.15, 0.2) is 0 Å². The standard InChI is InChI=1S/C14H23N3O/c1-14(2,3)17-9-12(8-16-17)7-15-13-5-4-11(6-13)10-18/h4-5,8-9,11,13,15,18H,6-7,10H2,1-3H3/t11-,13+/m0/s1. The molecule has 1 heterocycles. The zero-order chi connectivity index (χ0) is 13.2. The Hall–Kier alpha value is -1.13. The highest BCUT2D eigenvalue weighted by atomic mass is 16.3. The Morgan fingerprint density at radius 1 is 1.44 bits per heavy atom. The van der Waals surface area contributed by atoms with Crippen LogP contribution in [0.4, 0.5) is 0 Å². The molecule has 1 aliphatic rings. The van der Waals surface area contributed by atoms with Crippen LogP contribution in [0.25, 0.3) is 0 Å². The molecule has 1 aliphatic carbocycles. The first-order valence-electron chi connectivity index (χ1n) is 6.55. The van der Waals surface area contributed by atoms with Crippen LogP contribution in [0.1, 0.15) is 32.8 Å². The van der Waals surface area contributed by atoms with Gasteiger partial charge in [0.1, 0.15) is 0 Å². The highest BCUT2D eigenvalue weighted by Gasteiger charge is 2.18. The lowest BCUT2D eigenvalue weighted by atomic mass is 10.1. The Morgan fingerprint density at radius 3 is 2.78 bits per heavy atom. The lowest BCUT2D eigenvalue weighted by Crippen LogP contribution is -2.26. The van der Waals surface area contributed by atoms with Crippen molar-refractivity contribution in [1.29, 1.82) is 0 Å². The second kappa shape index (κ2) is 5.24. The molecule has 0 radical (unpaired) electrons. The molecule has 0 saturated carbocycles. The van der Waals surface area contributed by atoms with Crippen molar-refractivity contribution in [3.8, 4) is 0 Å². The van der Waals surface area contributed by atoms with Crippen LogP contribution in [-0.2, 0) is 12.1 Å². The molecule has 0 unspecified atom stereocenters. The van der Waals surface area contributed by atoms with Gasteiger partial charge >= 0.3 is 0 Å². The average molecular weight is 249 g/mol. The Morgan fingerprint density at radius 2 is 2.22 bits per heavy atom. The number of nitrogens with zero attached hydrogens (tertiary/aromatic N) is 2. The van der Waals surface area contributed by atoms with Crippen LogP contribution in [-0.4, -0.2) is 27.5 Å². The molecule has 2 rings (SSSR count). The van der Waals surface area contributed by atoms with Gasteiger partial charge in [0.25, 0.3) is 0 Å². The lowest BCUT2D eigenvalue weighted by molar-refractivity contribution is 0.246. The van der Waals surface area contributed by atoms with Gasteiger partial charge in [0, 0.05) is 36.9 Å². The van der Waals surface area contributed by atoms with Gasteiger partial charge in [-0.05, 0) is 27.2 Å². The topological polar surface area (TPSA) is 50.1 Å². The molecule has 0 fully saturated rings. The van der Waals surface area contributed by atoms with Gasteiger partial charge in [-0.15, -0.1) is 0 Å². The second-order valence-electron chi connectivity index (χ2n) is 6.01. The molecule has 0 bridgehead atoms. The molecule has 0 aliphatic heterocycles. The van der Waals surface area contributed by atoms with Gasteiger partial charge in [-0.3, -0.25) is 4.68 Å². The molecule has 0 aromatic carbocycles. The molecular formula is C14H23N3O. The van der Waals surface area contributed by atoms with E-state index in [1.54, 1.807) is 0 Å². The van der Waals surface area contributed by atoms with Crippen molar-refractivity contribution in [2.45, 2.75) is 45.3 Å². The first-order valence-corrected chi connectivity index (χ1v) is 6.55. The van der Waals surface area contributed by atoms with Gasteiger partial charge in [-0.2, -0.15) is 5.10 Å². The second-order valence-corrected chi connectivity index (χ2v) is 6.01. The molecule has 4 nitrogen and oxygen atoms in total. The summed E-state index contributed by atoms with van der Waals surface area (Å²) in [7, 11) is 0. The average Bonchev–Trinajstić information content (AvgIpc) is 2.94. The predicted octanol–water partition coefficient (Wildman–Crippen LogP) is 1.66. The Kier molecular flexibility index (Phi) is 3.88. The largest absolute Gasteiger partial charge is 0.396 e. The van der Waals surface area contributed by atoms with Crippen LogP contribution < -0.4 is 5.32 Å². The molecule has 2 N–H and O–H groups in total. The number of hydrogen-bond acceptors (Lipinski definition) is 3. The maximum absolute atomic E-state index is 9.07. The van der Waals surface area contributed by atoms with Gasteiger partial charge in [0.05, 0.1) is 11.7 Å². The van der Waals surface area contributed by atoms with Gasteiger partial charge < -0.3 is 10.4 Å². The summed E-state index contributed by atoms with van der Waals surface area (Å²) >= 11 is 0. The van der Waals surface area contributed by atoms with Gasteiger partial charge in [0.2, 0.25) is 0 Å². The van der Waals surface area contributed by atoms with Crippen LogP contribution >= 0.6 is 0 Å². The Bertz CT molecular complexity index is 417. The molecule has 1 aromatic rings. The third kappa shape index (κ3) is 3.21. The van der Waals surface area contributed by atoms with Crippen molar-refractivity contribution < 1.29 is 5.11 Å². The summed E-state index contributed by atoms with van der Waals surface area (Å²) in [5.74, 6) is 0.319. The molecule has 2 atom stereocenters. The summed E-state index contributed by atoms with van der Waals surface area (Å²) in [5, 5.41) is 16.9. The molecule has 100 valence electrons.